The molecule has 350 valence electrons. The summed E-state index contributed by atoms with van der Waals surface area (Å²) in [6.07, 6.45) is -9.85. The van der Waals surface area contributed by atoms with E-state index >= 15 is 0 Å². The molecular formula is C46H70ClNO13S. The standard InChI is InChI=1S/C46H70ClNO13S/c1-22-16-24(3)57-43(37(22)51)61-41-26(5)38(60-35-20-44(8,9)40(53)28(7)58-35)27(6)42(54)59-33(46(11,56)39(52)25(4)36(50)23(2)19-45(41,10)55)14-15-48-34(49)17-29-21-62-32-13-12-30(47)18-31(29)32/h12-13,18,21-28,33,35,37-41,43,51-53,55-56H,14-17,19-20H2,1-11H3,(H,48,49)/t22?,23-,24?,25+,26+,27-,28?,33-,35?,37?,38+,39-,40?,41-,43?,45-,46-/m1/s1. The lowest BCUT2D eigenvalue weighted by Gasteiger charge is -2.48. The number of thiophene rings is 1. The van der Waals surface area contributed by atoms with Crippen molar-refractivity contribution < 1.29 is 63.6 Å². The Morgan fingerprint density at radius 1 is 0.935 bits per heavy atom. The highest BCUT2D eigenvalue weighted by molar-refractivity contribution is 7.17. The number of ketones is 1. The third-order valence-electron chi connectivity index (χ3n) is 13.6. The van der Waals surface area contributed by atoms with Gasteiger partial charge in [-0.2, -0.15) is 0 Å². The second kappa shape index (κ2) is 20.1. The van der Waals surface area contributed by atoms with E-state index in [1.165, 1.54) is 32.1 Å². The molecule has 4 heterocycles. The Bertz CT molecular complexity index is 1870. The Morgan fingerprint density at radius 2 is 1.61 bits per heavy atom. The first-order chi connectivity index (χ1) is 28.7. The maximum absolute atomic E-state index is 14.6. The van der Waals surface area contributed by atoms with Crippen molar-refractivity contribution in [3.05, 3.63) is 34.2 Å². The van der Waals surface area contributed by atoms with E-state index in [9.17, 15) is 39.9 Å². The predicted octanol–water partition coefficient (Wildman–Crippen LogP) is 5.32. The molecule has 17 atom stereocenters. The topological polar surface area (TPSA) is 211 Å². The van der Waals surface area contributed by atoms with Crippen molar-refractivity contribution in [2.45, 2.75) is 181 Å². The maximum atomic E-state index is 14.6. The number of cyclic esters (lactones) is 1. The maximum Gasteiger partial charge on any atom is 0.311 e. The van der Waals surface area contributed by atoms with Crippen LogP contribution in [0.25, 0.3) is 10.1 Å². The zero-order chi connectivity index (χ0) is 46.2. The fraction of sp³-hybridized carbons (Fsp3) is 0.761. The molecule has 1 aromatic heterocycles. The van der Waals surface area contributed by atoms with Gasteiger partial charge in [0.15, 0.2) is 12.6 Å². The third-order valence-corrected chi connectivity index (χ3v) is 14.9. The number of fused-ring (bicyclic) bond motifs is 1. The molecule has 0 radical (unpaired) electrons. The molecule has 0 aliphatic carbocycles. The van der Waals surface area contributed by atoms with Crippen molar-refractivity contribution in [2.24, 2.45) is 35.0 Å². The van der Waals surface area contributed by atoms with E-state index in [4.69, 9.17) is 35.3 Å². The first-order valence-electron chi connectivity index (χ1n) is 22.0. The van der Waals surface area contributed by atoms with Gasteiger partial charge in [0.2, 0.25) is 5.91 Å². The van der Waals surface area contributed by atoms with Crippen LogP contribution >= 0.6 is 22.9 Å². The van der Waals surface area contributed by atoms with E-state index in [1.807, 2.05) is 39.1 Å². The Morgan fingerprint density at radius 3 is 2.27 bits per heavy atom. The molecule has 3 fully saturated rings. The lowest BCUT2D eigenvalue weighted by atomic mass is 9.74. The number of Topliss-reactive ketones (excluding diaryl/α,β-unsaturated/α-hetero) is 1. The number of hydrogen-bond donors (Lipinski definition) is 6. The first kappa shape index (κ1) is 50.7. The van der Waals surface area contributed by atoms with E-state index in [0.717, 1.165) is 15.6 Å². The van der Waals surface area contributed by atoms with E-state index in [0.29, 0.717) is 11.4 Å². The van der Waals surface area contributed by atoms with E-state index in [2.05, 4.69) is 5.32 Å². The van der Waals surface area contributed by atoms with Crippen molar-refractivity contribution in [1.29, 1.82) is 0 Å². The fourth-order valence-electron chi connectivity index (χ4n) is 9.82. The summed E-state index contributed by atoms with van der Waals surface area (Å²) in [5.74, 6) is -5.92. The molecule has 0 saturated carbocycles. The van der Waals surface area contributed by atoms with Gasteiger partial charge in [-0.3, -0.25) is 14.4 Å². The number of aliphatic hydroxyl groups is 5. The summed E-state index contributed by atoms with van der Waals surface area (Å²) < 4.78 is 32.7. The SMILES string of the molecule is CC1CC(C)C(O)C(O[C@@H]2[C@@H](C)[C@H](OC3CC(C)(C)C(O)C(C)O3)[C@@H](C)C(=O)O[C@H](CCNC(=O)Cc3csc4ccc(Cl)cc34)[C@@](C)(O)[C@H](O)[C@@H](C)C(=O)[C@H](C)C[C@@]2(C)O)O1. The highest BCUT2D eigenvalue weighted by Crippen LogP contribution is 2.42. The van der Waals surface area contributed by atoms with Crippen molar-refractivity contribution in [3.8, 4) is 0 Å². The number of aliphatic hydroxyl groups excluding tert-OH is 3. The number of carbonyl (C=O) groups excluding carboxylic acids is 3. The quantitative estimate of drug-likeness (QED) is 0.176. The van der Waals surface area contributed by atoms with Crippen molar-refractivity contribution >= 4 is 50.7 Å². The van der Waals surface area contributed by atoms with Gasteiger partial charge in [-0.25, -0.2) is 0 Å². The van der Waals surface area contributed by atoms with Gasteiger partial charge in [-0.1, -0.05) is 53.1 Å². The van der Waals surface area contributed by atoms with Gasteiger partial charge in [0.05, 0.1) is 54.6 Å². The van der Waals surface area contributed by atoms with Crippen LogP contribution in [0.2, 0.25) is 5.02 Å². The summed E-state index contributed by atoms with van der Waals surface area (Å²) in [6, 6.07) is 5.48. The number of hydrogen-bond acceptors (Lipinski definition) is 14. The average Bonchev–Trinajstić information content (AvgIpc) is 3.57. The van der Waals surface area contributed by atoms with Crippen LogP contribution in [-0.2, 0) is 44.5 Å². The van der Waals surface area contributed by atoms with Gasteiger partial charge in [0.1, 0.15) is 23.6 Å². The highest BCUT2D eigenvalue weighted by Gasteiger charge is 2.53. The summed E-state index contributed by atoms with van der Waals surface area (Å²) in [5, 5.41) is 64.7. The van der Waals surface area contributed by atoms with E-state index in [1.54, 1.807) is 39.8 Å². The molecule has 3 aliphatic rings. The second-order valence-corrected chi connectivity index (χ2v) is 21.0. The largest absolute Gasteiger partial charge is 0.459 e. The number of halogens is 1. The minimum atomic E-state index is -2.20. The smallest absolute Gasteiger partial charge is 0.311 e. The number of carbonyl (C=O) groups is 3. The molecule has 7 unspecified atom stereocenters. The van der Waals surface area contributed by atoms with Crippen LogP contribution in [0.3, 0.4) is 0 Å². The molecule has 2 aromatic rings. The van der Waals surface area contributed by atoms with Gasteiger partial charge in [0.25, 0.3) is 0 Å². The van der Waals surface area contributed by atoms with E-state index < -0.39 is 107 Å². The van der Waals surface area contributed by atoms with Gasteiger partial charge in [-0.05, 0) is 93.3 Å². The van der Waals surface area contributed by atoms with Crippen LogP contribution in [0, 0.1) is 35.0 Å². The minimum Gasteiger partial charge on any atom is -0.459 e. The van der Waals surface area contributed by atoms with Gasteiger partial charge < -0.3 is 54.5 Å². The summed E-state index contributed by atoms with van der Waals surface area (Å²) >= 11 is 7.72. The predicted molar refractivity (Wildman–Crippen MR) is 234 cm³/mol. The van der Waals surface area contributed by atoms with Crippen LogP contribution in [0.5, 0.6) is 0 Å². The van der Waals surface area contributed by atoms with E-state index in [-0.39, 0.29) is 50.2 Å². The van der Waals surface area contributed by atoms with Gasteiger partial charge in [0, 0.05) is 46.9 Å². The molecule has 0 bridgehead atoms. The van der Waals surface area contributed by atoms with Crippen molar-refractivity contribution in [1.82, 2.24) is 5.32 Å². The Hall–Kier alpha value is -2.28. The highest BCUT2D eigenvalue weighted by atomic mass is 35.5. The summed E-state index contributed by atoms with van der Waals surface area (Å²) in [5.41, 5.74) is -3.87. The monoisotopic (exact) mass is 911 g/mol. The molecule has 14 nitrogen and oxygen atoms in total. The van der Waals surface area contributed by atoms with Crippen LogP contribution in [0.15, 0.2) is 23.6 Å². The Labute approximate surface area is 374 Å². The molecule has 0 spiro atoms. The number of benzene rings is 1. The molecule has 62 heavy (non-hydrogen) atoms. The zero-order valence-corrected chi connectivity index (χ0v) is 39.6. The Kier molecular flexibility index (Phi) is 16.4. The van der Waals surface area contributed by atoms with Crippen LogP contribution in [-0.4, -0.2) is 122 Å². The molecule has 5 rings (SSSR count). The van der Waals surface area contributed by atoms with Crippen molar-refractivity contribution in [2.75, 3.05) is 6.54 Å². The normalized spacial score (nSPS) is 41.3. The summed E-state index contributed by atoms with van der Waals surface area (Å²) in [6.45, 7) is 18.4. The number of nitrogens with one attached hydrogen (secondary N) is 1. The van der Waals surface area contributed by atoms with Gasteiger partial charge in [-0.15, -0.1) is 11.3 Å². The third kappa shape index (κ3) is 11.4. The second-order valence-electron chi connectivity index (χ2n) is 19.7. The molecule has 1 amide bonds. The molecule has 6 N–H and O–H groups in total. The first-order valence-corrected chi connectivity index (χ1v) is 23.3. The lowest BCUT2D eigenvalue weighted by Crippen LogP contribution is -2.59. The molecular weight excluding hydrogens is 842 g/mol. The molecule has 3 saturated heterocycles. The lowest BCUT2D eigenvalue weighted by molar-refractivity contribution is -0.312. The fourth-order valence-corrected chi connectivity index (χ4v) is 10.9. The number of amides is 1. The van der Waals surface area contributed by atoms with Crippen LogP contribution < -0.4 is 5.32 Å². The average molecular weight is 913 g/mol. The Balaban J connectivity index is 1.49. The zero-order valence-electron chi connectivity index (χ0n) is 38.0. The van der Waals surface area contributed by atoms with Crippen LogP contribution in [0.4, 0.5) is 0 Å². The van der Waals surface area contributed by atoms with Crippen LogP contribution in [0.1, 0.15) is 107 Å². The van der Waals surface area contributed by atoms with Gasteiger partial charge >= 0.3 is 5.97 Å². The summed E-state index contributed by atoms with van der Waals surface area (Å²) in [4.78, 5) is 42.0. The van der Waals surface area contributed by atoms with Crippen molar-refractivity contribution in [3.63, 3.8) is 0 Å². The minimum absolute atomic E-state index is 0.0463. The summed E-state index contributed by atoms with van der Waals surface area (Å²) in [7, 11) is 0. The number of ether oxygens (including phenoxy) is 5. The molecule has 1 aromatic carbocycles. The molecule has 3 aliphatic heterocycles. The number of esters is 1. The number of rotatable bonds is 9. The molecule has 16 heteroatoms.